The van der Waals surface area contributed by atoms with E-state index in [0.29, 0.717) is 11.5 Å². The van der Waals surface area contributed by atoms with Crippen molar-refractivity contribution >= 4 is 11.6 Å². The molecule has 1 amide bonds. The molecule has 0 fully saturated rings. The van der Waals surface area contributed by atoms with Gasteiger partial charge < -0.3 is 9.84 Å². The van der Waals surface area contributed by atoms with Crippen LogP contribution in [0.2, 0.25) is 0 Å². The fourth-order valence-corrected chi connectivity index (χ4v) is 1.95. The summed E-state index contributed by atoms with van der Waals surface area (Å²) in [5, 5.41) is 13.3. The van der Waals surface area contributed by atoms with Gasteiger partial charge in [-0.3, -0.25) is 4.79 Å². The first-order valence-corrected chi connectivity index (χ1v) is 7.28. The van der Waals surface area contributed by atoms with Gasteiger partial charge in [-0.25, -0.2) is 5.43 Å². The number of aromatic hydroxyl groups is 1. The number of carbonyl (C=O) groups excluding carboxylic acids is 1. The highest BCUT2D eigenvalue weighted by molar-refractivity contribution is 5.99. The van der Waals surface area contributed by atoms with Crippen molar-refractivity contribution in [2.24, 2.45) is 5.10 Å². The van der Waals surface area contributed by atoms with Gasteiger partial charge in [0.15, 0.2) is 6.61 Å². The Hall–Kier alpha value is -2.82. The molecule has 2 aromatic carbocycles. The number of carbonyl (C=O) groups is 1. The van der Waals surface area contributed by atoms with E-state index in [1.54, 1.807) is 31.2 Å². The Kier molecular flexibility index (Phi) is 5.36. The van der Waals surface area contributed by atoms with Gasteiger partial charge in [-0.2, -0.15) is 5.10 Å². The van der Waals surface area contributed by atoms with Crippen molar-refractivity contribution < 1.29 is 14.6 Å². The van der Waals surface area contributed by atoms with E-state index in [0.717, 1.165) is 16.7 Å². The van der Waals surface area contributed by atoms with Crippen molar-refractivity contribution in [3.05, 3.63) is 59.2 Å². The molecule has 0 saturated heterocycles. The number of amides is 1. The normalized spacial score (nSPS) is 11.2. The second-order valence-electron chi connectivity index (χ2n) is 5.34. The van der Waals surface area contributed by atoms with Crippen molar-refractivity contribution in [3.63, 3.8) is 0 Å². The van der Waals surface area contributed by atoms with Crippen LogP contribution in [0.15, 0.2) is 47.6 Å². The summed E-state index contributed by atoms with van der Waals surface area (Å²) in [6.45, 7) is 5.58. The van der Waals surface area contributed by atoms with E-state index < -0.39 is 0 Å². The molecule has 0 heterocycles. The van der Waals surface area contributed by atoms with Crippen LogP contribution < -0.4 is 10.2 Å². The molecule has 23 heavy (non-hydrogen) atoms. The lowest BCUT2D eigenvalue weighted by molar-refractivity contribution is -0.123. The van der Waals surface area contributed by atoms with Gasteiger partial charge in [0, 0.05) is 0 Å². The molecule has 2 N–H and O–H groups in total. The molecule has 0 aromatic heterocycles. The molecule has 0 aliphatic rings. The lowest BCUT2D eigenvalue weighted by atomic mass is 10.1. The van der Waals surface area contributed by atoms with E-state index in [-0.39, 0.29) is 18.3 Å². The number of ether oxygens (including phenoxy) is 1. The number of nitrogens with zero attached hydrogens (tertiary/aromatic N) is 1. The Bertz CT molecular complexity index is 722. The number of hydrogen-bond acceptors (Lipinski definition) is 4. The van der Waals surface area contributed by atoms with Crippen LogP contribution in [0.25, 0.3) is 0 Å². The molecule has 2 aromatic rings. The van der Waals surface area contributed by atoms with Crippen LogP contribution in [0.4, 0.5) is 0 Å². The van der Waals surface area contributed by atoms with Crippen molar-refractivity contribution in [3.8, 4) is 11.5 Å². The molecular formula is C18H20N2O3. The smallest absolute Gasteiger partial charge is 0.277 e. The van der Waals surface area contributed by atoms with E-state index >= 15 is 0 Å². The summed E-state index contributed by atoms with van der Waals surface area (Å²) in [5.74, 6) is 0.552. The maximum absolute atomic E-state index is 11.8. The molecule has 5 nitrogen and oxygen atoms in total. The lowest BCUT2D eigenvalue weighted by Gasteiger charge is -2.09. The molecule has 0 bridgehead atoms. The molecule has 0 aliphatic heterocycles. The summed E-state index contributed by atoms with van der Waals surface area (Å²) in [4.78, 5) is 11.8. The first-order valence-electron chi connectivity index (χ1n) is 7.28. The standard InChI is InChI=1S/C18H20N2O3/c1-12-4-5-13(2)17(10-12)23-11-18(22)20-19-14(3)15-6-8-16(21)9-7-15/h4-10,21H,11H2,1-3H3,(H,20,22)/b19-14+. The molecule has 0 saturated carbocycles. The first kappa shape index (κ1) is 16.5. The number of hydrogen-bond donors (Lipinski definition) is 2. The number of nitrogens with one attached hydrogen (secondary N) is 1. The summed E-state index contributed by atoms with van der Waals surface area (Å²) in [6, 6.07) is 12.4. The van der Waals surface area contributed by atoms with Crippen LogP contribution in [-0.4, -0.2) is 23.3 Å². The fourth-order valence-electron chi connectivity index (χ4n) is 1.95. The van der Waals surface area contributed by atoms with Crippen LogP contribution in [0.3, 0.4) is 0 Å². The number of hydrazone groups is 1. The molecule has 0 radical (unpaired) electrons. The zero-order valence-electron chi connectivity index (χ0n) is 13.5. The maximum Gasteiger partial charge on any atom is 0.277 e. The third kappa shape index (κ3) is 4.85. The second-order valence-corrected chi connectivity index (χ2v) is 5.34. The van der Waals surface area contributed by atoms with Gasteiger partial charge in [0.25, 0.3) is 5.91 Å². The van der Waals surface area contributed by atoms with Gasteiger partial charge in [0.1, 0.15) is 11.5 Å². The van der Waals surface area contributed by atoms with Gasteiger partial charge >= 0.3 is 0 Å². The predicted molar refractivity (Wildman–Crippen MR) is 89.9 cm³/mol. The fraction of sp³-hybridized carbons (Fsp3) is 0.222. The van der Waals surface area contributed by atoms with Gasteiger partial charge in [-0.1, -0.05) is 12.1 Å². The minimum absolute atomic E-state index is 0.101. The monoisotopic (exact) mass is 312 g/mol. The SMILES string of the molecule is C/C(=N\NC(=O)COc1cc(C)ccc1C)c1ccc(O)cc1. The Morgan fingerprint density at radius 3 is 2.57 bits per heavy atom. The summed E-state index contributed by atoms with van der Waals surface area (Å²) < 4.78 is 5.52. The van der Waals surface area contributed by atoms with E-state index in [1.165, 1.54) is 0 Å². The number of benzene rings is 2. The minimum atomic E-state index is -0.330. The Morgan fingerprint density at radius 2 is 1.87 bits per heavy atom. The average Bonchev–Trinajstić information content (AvgIpc) is 2.54. The molecule has 0 unspecified atom stereocenters. The van der Waals surface area contributed by atoms with Crippen LogP contribution in [0, 0.1) is 13.8 Å². The number of phenolic OH excluding ortho intramolecular Hbond substituents is 1. The van der Waals surface area contributed by atoms with E-state index in [4.69, 9.17) is 4.74 Å². The molecule has 0 atom stereocenters. The van der Waals surface area contributed by atoms with Crippen molar-refractivity contribution in [2.45, 2.75) is 20.8 Å². The third-order valence-corrected chi connectivity index (χ3v) is 3.34. The van der Waals surface area contributed by atoms with Gasteiger partial charge in [0.05, 0.1) is 5.71 Å². The van der Waals surface area contributed by atoms with Crippen molar-refractivity contribution in [1.29, 1.82) is 0 Å². The molecule has 0 spiro atoms. The highest BCUT2D eigenvalue weighted by atomic mass is 16.5. The lowest BCUT2D eigenvalue weighted by Crippen LogP contribution is -2.25. The van der Waals surface area contributed by atoms with Crippen LogP contribution in [-0.2, 0) is 4.79 Å². The third-order valence-electron chi connectivity index (χ3n) is 3.34. The van der Waals surface area contributed by atoms with Gasteiger partial charge in [-0.15, -0.1) is 0 Å². The van der Waals surface area contributed by atoms with Gasteiger partial charge in [-0.05, 0) is 67.8 Å². The number of rotatable bonds is 5. The van der Waals surface area contributed by atoms with E-state index in [1.807, 2.05) is 32.0 Å². The Balaban J connectivity index is 1.90. The van der Waals surface area contributed by atoms with Gasteiger partial charge in [0.2, 0.25) is 0 Å². The summed E-state index contributed by atoms with van der Waals surface area (Å²) >= 11 is 0. The quantitative estimate of drug-likeness (QED) is 0.659. The summed E-state index contributed by atoms with van der Waals surface area (Å²) in [7, 11) is 0. The van der Waals surface area contributed by atoms with Crippen LogP contribution in [0.5, 0.6) is 11.5 Å². The second kappa shape index (κ2) is 7.45. The molecule has 0 aliphatic carbocycles. The average molecular weight is 312 g/mol. The first-order chi connectivity index (χ1) is 11.0. The summed E-state index contributed by atoms with van der Waals surface area (Å²) in [5.41, 5.74) is 5.98. The zero-order chi connectivity index (χ0) is 16.8. The summed E-state index contributed by atoms with van der Waals surface area (Å²) in [6.07, 6.45) is 0. The molecule has 5 heteroatoms. The topological polar surface area (TPSA) is 70.9 Å². The molecular weight excluding hydrogens is 292 g/mol. The molecule has 2 rings (SSSR count). The largest absolute Gasteiger partial charge is 0.508 e. The Morgan fingerprint density at radius 1 is 1.17 bits per heavy atom. The minimum Gasteiger partial charge on any atom is -0.508 e. The predicted octanol–water partition coefficient (Wildman–Crippen LogP) is 2.93. The van der Waals surface area contributed by atoms with Crippen LogP contribution in [0.1, 0.15) is 23.6 Å². The van der Waals surface area contributed by atoms with Crippen molar-refractivity contribution in [2.75, 3.05) is 6.61 Å². The Labute approximate surface area is 135 Å². The molecule has 120 valence electrons. The zero-order valence-corrected chi connectivity index (χ0v) is 13.5. The van der Waals surface area contributed by atoms with E-state index in [2.05, 4.69) is 10.5 Å². The highest BCUT2D eigenvalue weighted by Gasteiger charge is 2.05. The maximum atomic E-state index is 11.8. The van der Waals surface area contributed by atoms with Crippen molar-refractivity contribution in [1.82, 2.24) is 5.43 Å². The number of aryl methyl sites for hydroxylation is 2. The number of phenols is 1. The van der Waals surface area contributed by atoms with Crippen LogP contribution >= 0.6 is 0 Å². The van der Waals surface area contributed by atoms with E-state index in [9.17, 15) is 9.90 Å². The highest BCUT2D eigenvalue weighted by Crippen LogP contribution is 2.18.